The quantitative estimate of drug-likeness (QED) is 0.506. The number of H-pyrrole nitrogens is 1. The number of fused-ring (bicyclic) bond motifs is 1. The summed E-state index contributed by atoms with van der Waals surface area (Å²) >= 11 is 0. The van der Waals surface area contributed by atoms with Gasteiger partial charge in [-0.05, 0) is 29.7 Å². The average molecular weight is 436 g/mol. The summed E-state index contributed by atoms with van der Waals surface area (Å²) in [6.45, 7) is 9.84. The van der Waals surface area contributed by atoms with Gasteiger partial charge in [-0.25, -0.2) is 4.79 Å². The molecule has 2 unspecified atom stereocenters. The van der Waals surface area contributed by atoms with Crippen molar-refractivity contribution in [1.29, 1.82) is 0 Å². The second kappa shape index (κ2) is 10.4. The fourth-order valence-electron chi connectivity index (χ4n) is 3.12. The second-order valence-electron chi connectivity index (χ2n) is 9.37. The number of Topliss-reactive ketones (excluding diaryl/α,β-unsaturated/α-hetero) is 1. The minimum absolute atomic E-state index is 0.128. The van der Waals surface area contributed by atoms with Crippen molar-refractivity contribution in [2.24, 2.45) is 11.3 Å². The largest absolute Gasteiger partial charge is 0.449 e. The molecule has 0 saturated heterocycles. The Morgan fingerprint density at radius 2 is 2.00 bits per heavy atom. The van der Waals surface area contributed by atoms with Gasteiger partial charge in [-0.15, -0.1) is 0 Å². The lowest BCUT2D eigenvalue weighted by Crippen LogP contribution is -2.56. The smallest absolute Gasteiger partial charge is 0.407 e. The Hall–Kier alpha value is -2.91. The van der Waals surface area contributed by atoms with Crippen LogP contribution >= 0.6 is 0 Å². The van der Waals surface area contributed by atoms with Crippen molar-refractivity contribution in [3.05, 3.63) is 17.5 Å². The van der Waals surface area contributed by atoms with Crippen molar-refractivity contribution in [2.75, 3.05) is 13.2 Å². The summed E-state index contributed by atoms with van der Waals surface area (Å²) in [5.74, 6) is -2.30. The van der Waals surface area contributed by atoms with Crippen molar-refractivity contribution in [2.45, 2.75) is 66.0 Å². The molecule has 0 fully saturated rings. The van der Waals surface area contributed by atoms with Crippen LogP contribution in [0.1, 0.15) is 52.3 Å². The predicted octanol–water partition coefficient (Wildman–Crippen LogP) is 0.865. The molecule has 2 heterocycles. The molecule has 0 aliphatic carbocycles. The van der Waals surface area contributed by atoms with Crippen LogP contribution in [0.4, 0.5) is 4.79 Å². The molecule has 0 aromatic carbocycles. The van der Waals surface area contributed by atoms with Gasteiger partial charge in [-0.2, -0.15) is 5.10 Å². The van der Waals surface area contributed by atoms with E-state index in [1.807, 2.05) is 20.8 Å². The maximum atomic E-state index is 13.0. The highest BCUT2D eigenvalue weighted by Gasteiger charge is 2.33. The maximum absolute atomic E-state index is 13.0. The van der Waals surface area contributed by atoms with Gasteiger partial charge >= 0.3 is 6.09 Å². The first-order chi connectivity index (χ1) is 14.5. The molecule has 1 aromatic heterocycles. The van der Waals surface area contributed by atoms with Crippen LogP contribution in [0.5, 0.6) is 0 Å². The Bertz CT molecular complexity index is 811. The molecule has 3 amide bonds. The molecular formula is C21H33N5O5. The number of alkyl carbamates (subject to hydrolysis) is 1. The van der Waals surface area contributed by atoms with Crippen molar-refractivity contribution in [3.8, 4) is 0 Å². The van der Waals surface area contributed by atoms with E-state index in [0.717, 1.165) is 11.3 Å². The first-order valence-electron chi connectivity index (χ1n) is 10.5. The first-order valence-corrected chi connectivity index (χ1v) is 10.5. The number of rotatable bonds is 5. The summed E-state index contributed by atoms with van der Waals surface area (Å²) in [7, 11) is 0. The van der Waals surface area contributed by atoms with Crippen LogP contribution in [0, 0.1) is 11.3 Å². The van der Waals surface area contributed by atoms with Crippen LogP contribution in [0.3, 0.4) is 0 Å². The van der Waals surface area contributed by atoms with Crippen molar-refractivity contribution < 1.29 is 23.9 Å². The Morgan fingerprint density at radius 3 is 2.65 bits per heavy atom. The molecule has 2 rings (SSSR count). The van der Waals surface area contributed by atoms with Gasteiger partial charge in [0.25, 0.3) is 5.91 Å². The van der Waals surface area contributed by atoms with E-state index >= 15 is 0 Å². The van der Waals surface area contributed by atoms with Gasteiger partial charge in [0.2, 0.25) is 11.7 Å². The van der Waals surface area contributed by atoms with Crippen LogP contribution < -0.4 is 16.0 Å². The second-order valence-corrected chi connectivity index (χ2v) is 9.37. The molecule has 10 nitrogen and oxygen atoms in total. The zero-order chi connectivity index (χ0) is 23.2. The van der Waals surface area contributed by atoms with Crippen LogP contribution in [0.2, 0.25) is 0 Å². The standard InChI is InChI=1S/C21H33N5O5/c1-12(2)16(25-20(30)31-11-21(3,4)5)18(28)24-15-9-13-10-23-26-14(13)7-6-8-22-19(29)17(15)27/h10,12,15-16H,6-9,11H2,1-5H3,(H,22,29)(H,23,26)(H,24,28)(H,25,30). The van der Waals surface area contributed by atoms with E-state index in [1.54, 1.807) is 20.0 Å². The molecule has 10 heteroatoms. The highest BCUT2D eigenvalue weighted by atomic mass is 16.5. The van der Waals surface area contributed by atoms with E-state index in [2.05, 4.69) is 26.1 Å². The Morgan fingerprint density at radius 1 is 1.29 bits per heavy atom. The molecule has 0 radical (unpaired) electrons. The predicted molar refractivity (Wildman–Crippen MR) is 113 cm³/mol. The molecule has 2 atom stereocenters. The van der Waals surface area contributed by atoms with Gasteiger partial charge in [0, 0.05) is 18.7 Å². The number of carbonyl (C=O) groups is 4. The molecule has 1 aliphatic rings. The van der Waals surface area contributed by atoms with Crippen LogP contribution in [-0.4, -0.2) is 59.1 Å². The third-order valence-electron chi connectivity index (χ3n) is 4.84. The van der Waals surface area contributed by atoms with Crippen LogP contribution in [-0.2, 0) is 32.0 Å². The normalized spacial score (nSPS) is 18.6. The Kier molecular flexibility index (Phi) is 8.18. The molecule has 0 saturated carbocycles. The minimum atomic E-state index is -1.07. The molecule has 1 aliphatic heterocycles. The zero-order valence-electron chi connectivity index (χ0n) is 18.8. The van der Waals surface area contributed by atoms with Gasteiger partial charge in [-0.1, -0.05) is 34.6 Å². The molecule has 31 heavy (non-hydrogen) atoms. The van der Waals surface area contributed by atoms with Gasteiger partial charge < -0.3 is 20.7 Å². The minimum Gasteiger partial charge on any atom is -0.449 e. The third-order valence-corrected chi connectivity index (χ3v) is 4.84. The fourth-order valence-corrected chi connectivity index (χ4v) is 3.12. The molecular weight excluding hydrogens is 402 g/mol. The zero-order valence-corrected chi connectivity index (χ0v) is 18.8. The number of ether oxygens (including phenoxy) is 1. The number of aryl methyl sites for hydroxylation is 1. The van der Waals surface area contributed by atoms with Crippen molar-refractivity contribution in [3.63, 3.8) is 0 Å². The number of nitrogens with one attached hydrogen (secondary N) is 4. The van der Waals surface area contributed by atoms with E-state index < -0.39 is 35.8 Å². The topological polar surface area (TPSA) is 142 Å². The van der Waals surface area contributed by atoms with Gasteiger partial charge in [0.15, 0.2) is 0 Å². The SMILES string of the molecule is CC(C)C(NC(=O)OCC(C)(C)C)C(=O)NC1Cc2cn[nH]c2CCCNC(=O)C1=O. The number of ketones is 1. The van der Waals surface area contributed by atoms with E-state index in [0.29, 0.717) is 19.4 Å². The van der Waals surface area contributed by atoms with Gasteiger partial charge in [0.05, 0.1) is 12.8 Å². The van der Waals surface area contributed by atoms with Crippen molar-refractivity contribution >= 4 is 23.7 Å². The van der Waals surface area contributed by atoms with E-state index in [4.69, 9.17) is 4.74 Å². The lowest BCUT2D eigenvalue weighted by atomic mass is 9.97. The molecule has 1 aromatic rings. The Balaban J connectivity index is 2.13. The molecule has 4 N–H and O–H groups in total. The van der Waals surface area contributed by atoms with E-state index in [1.165, 1.54) is 0 Å². The summed E-state index contributed by atoms with van der Waals surface area (Å²) in [5, 5.41) is 14.7. The summed E-state index contributed by atoms with van der Waals surface area (Å²) in [6.07, 6.45) is 2.35. The lowest BCUT2D eigenvalue weighted by molar-refractivity contribution is -0.140. The maximum Gasteiger partial charge on any atom is 0.407 e. The highest BCUT2D eigenvalue weighted by molar-refractivity contribution is 6.38. The van der Waals surface area contributed by atoms with E-state index in [-0.39, 0.29) is 24.4 Å². The monoisotopic (exact) mass is 435 g/mol. The molecule has 0 bridgehead atoms. The fraction of sp³-hybridized carbons (Fsp3) is 0.667. The molecule has 172 valence electrons. The number of aromatic nitrogens is 2. The lowest BCUT2D eigenvalue weighted by Gasteiger charge is -2.26. The third kappa shape index (κ3) is 7.37. The highest BCUT2D eigenvalue weighted by Crippen LogP contribution is 2.14. The summed E-state index contributed by atoms with van der Waals surface area (Å²) in [4.78, 5) is 50.0. The number of carbonyl (C=O) groups excluding carboxylic acids is 4. The Labute approximate surface area is 182 Å². The number of hydrogen-bond acceptors (Lipinski definition) is 6. The average Bonchev–Trinajstić information content (AvgIpc) is 3.12. The number of aromatic amines is 1. The summed E-state index contributed by atoms with van der Waals surface area (Å²) < 4.78 is 5.19. The summed E-state index contributed by atoms with van der Waals surface area (Å²) in [5.41, 5.74) is 1.42. The first kappa shape index (κ1) is 24.4. The van der Waals surface area contributed by atoms with Crippen molar-refractivity contribution in [1.82, 2.24) is 26.1 Å². The number of hydrogen-bond donors (Lipinski definition) is 4. The van der Waals surface area contributed by atoms with Gasteiger partial charge in [-0.3, -0.25) is 19.5 Å². The number of nitrogens with zero attached hydrogens (tertiary/aromatic N) is 1. The van der Waals surface area contributed by atoms with Gasteiger partial charge in [0.1, 0.15) is 12.1 Å². The number of amides is 3. The van der Waals surface area contributed by atoms with Crippen LogP contribution in [0.15, 0.2) is 6.20 Å². The van der Waals surface area contributed by atoms with E-state index in [9.17, 15) is 19.2 Å². The summed E-state index contributed by atoms with van der Waals surface area (Å²) in [6, 6.07) is -2.00. The van der Waals surface area contributed by atoms with Crippen LogP contribution in [0.25, 0.3) is 0 Å². The molecule has 0 spiro atoms.